The molecule has 0 fully saturated rings. The van der Waals surface area contributed by atoms with Gasteiger partial charge in [0.15, 0.2) is 17.3 Å². The van der Waals surface area contributed by atoms with Crippen LogP contribution in [0.4, 0.5) is 0 Å². The molecule has 0 unspecified atom stereocenters. The largest absolute Gasteiger partial charge is 0.504 e. The van der Waals surface area contributed by atoms with E-state index in [0.717, 1.165) is 12.0 Å². The predicted molar refractivity (Wildman–Crippen MR) is 68.1 cm³/mol. The molecular weight excluding hydrogens is 216 g/mol. The highest BCUT2D eigenvalue weighted by molar-refractivity contribution is 6.01. The fourth-order valence-corrected chi connectivity index (χ4v) is 1.27. The molecule has 0 aliphatic carbocycles. The Balaban J connectivity index is 2.78. The molecule has 1 N–H and O–H groups in total. The SMILES string of the molecule is CC/C=C/C(=O)/C=C/c1ccc(O)c(OC)c1. The molecule has 0 aromatic heterocycles. The van der Waals surface area contributed by atoms with Crippen LogP contribution in [0.25, 0.3) is 6.08 Å². The van der Waals surface area contributed by atoms with Crippen molar-refractivity contribution in [1.29, 1.82) is 0 Å². The number of ether oxygens (including phenoxy) is 1. The number of rotatable bonds is 5. The lowest BCUT2D eigenvalue weighted by atomic mass is 10.1. The Morgan fingerprint density at radius 2 is 2.18 bits per heavy atom. The number of ketones is 1. The van der Waals surface area contributed by atoms with Crippen LogP contribution in [0.5, 0.6) is 11.5 Å². The summed E-state index contributed by atoms with van der Waals surface area (Å²) in [5, 5.41) is 9.40. The lowest BCUT2D eigenvalue weighted by Crippen LogP contribution is -1.86. The summed E-state index contributed by atoms with van der Waals surface area (Å²) in [6.07, 6.45) is 7.35. The van der Waals surface area contributed by atoms with Crippen LogP contribution in [0, 0.1) is 0 Å². The summed E-state index contributed by atoms with van der Waals surface area (Å²) in [6.45, 7) is 1.97. The fourth-order valence-electron chi connectivity index (χ4n) is 1.27. The molecule has 0 aliphatic rings. The summed E-state index contributed by atoms with van der Waals surface area (Å²) in [7, 11) is 1.48. The maximum Gasteiger partial charge on any atom is 0.178 e. The Morgan fingerprint density at radius 1 is 1.41 bits per heavy atom. The molecule has 0 bridgehead atoms. The van der Waals surface area contributed by atoms with Crippen LogP contribution in [-0.4, -0.2) is 18.0 Å². The number of allylic oxidation sites excluding steroid dienone is 3. The van der Waals surface area contributed by atoms with Crippen LogP contribution in [0.1, 0.15) is 18.9 Å². The third-order valence-corrected chi connectivity index (χ3v) is 2.16. The molecule has 0 saturated heterocycles. The Bertz CT molecular complexity index is 445. The number of benzene rings is 1. The molecule has 0 aliphatic heterocycles. The second kappa shape index (κ2) is 6.53. The van der Waals surface area contributed by atoms with Gasteiger partial charge in [0, 0.05) is 0 Å². The second-order valence-electron chi connectivity index (χ2n) is 3.48. The number of carbonyl (C=O) groups is 1. The number of hydrogen-bond acceptors (Lipinski definition) is 3. The van der Waals surface area contributed by atoms with E-state index < -0.39 is 0 Å². The fraction of sp³-hybridized carbons (Fsp3) is 0.214. The third-order valence-electron chi connectivity index (χ3n) is 2.16. The molecule has 3 nitrogen and oxygen atoms in total. The maximum absolute atomic E-state index is 11.3. The van der Waals surface area contributed by atoms with Gasteiger partial charge in [0.2, 0.25) is 0 Å². The molecule has 0 amide bonds. The van der Waals surface area contributed by atoms with E-state index in [9.17, 15) is 9.90 Å². The number of phenols is 1. The van der Waals surface area contributed by atoms with E-state index in [1.54, 1.807) is 18.2 Å². The zero-order chi connectivity index (χ0) is 12.7. The molecule has 1 aromatic carbocycles. The second-order valence-corrected chi connectivity index (χ2v) is 3.48. The van der Waals surface area contributed by atoms with Crippen LogP contribution in [0.15, 0.2) is 36.4 Å². The Labute approximate surface area is 101 Å². The number of methoxy groups -OCH3 is 1. The van der Waals surface area contributed by atoms with E-state index in [1.807, 2.05) is 13.0 Å². The van der Waals surface area contributed by atoms with Gasteiger partial charge in [-0.3, -0.25) is 4.79 Å². The molecule has 0 radical (unpaired) electrons. The van der Waals surface area contributed by atoms with Crippen molar-refractivity contribution in [1.82, 2.24) is 0 Å². The van der Waals surface area contributed by atoms with Gasteiger partial charge in [0.25, 0.3) is 0 Å². The van der Waals surface area contributed by atoms with E-state index >= 15 is 0 Å². The molecule has 0 heterocycles. The summed E-state index contributed by atoms with van der Waals surface area (Å²) >= 11 is 0. The van der Waals surface area contributed by atoms with E-state index in [4.69, 9.17) is 4.74 Å². The molecule has 90 valence electrons. The van der Waals surface area contributed by atoms with Crippen LogP contribution in [0.2, 0.25) is 0 Å². The van der Waals surface area contributed by atoms with Crippen LogP contribution >= 0.6 is 0 Å². The van der Waals surface area contributed by atoms with Crippen molar-refractivity contribution < 1.29 is 14.6 Å². The van der Waals surface area contributed by atoms with E-state index in [1.165, 1.54) is 25.3 Å². The minimum absolute atomic E-state index is 0.0566. The first-order valence-corrected chi connectivity index (χ1v) is 5.43. The number of phenolic OH excluding ortho intramolecular Hbond substituents is 1. The van der Waals surface area contributed by atoms with Gasteiger partial charge in [0.05, 0.1) is 7.11 Å². The monoisotopic (exact) mass is 232 g/mol. The molecule has 1 rings (SSSR count). The van der Waals surface area contributed by atoms with Crippen LogP contribution < -0.4 is 4.74 Å². The van der Waals surface area contributed by atoms with Gasteiger partial charge < -0.3 is 9.84 Å². The van der Waals surface area contributed by atoms with Gasteiger partial charge in [-0.05, 0) is 36.3 Å². The van der Waals surface area contributed by atoms with Crippen molar-refractivity contribution in [2.45, 2.75) is 13.3 Å². The normalized spacial score (nSPS) is 11.2. The van der Waals surface area contributed by atoms with Crippen molar-refractivity contribution in [3.63, 3.8) is 0 Å². The summed E-state index contributed by atoms with van der Waals surface area (Å²) in [5.41, 5.74) is 0.804. The maximum atomic E-state index is 11.3. The van der Waals surface area contributed by atoms with Crippen molar-refractivity contribution >= 4 is 11.9 Å². The summed E-state index contributed by atoms with van der Waals surface area (Å²) in [4.78, 5) is 11.3. The van der Waals surface area contributed by atoms with Crippen molar-refractivity contribution in [2.75, 3.05) is 7.11 Å². The van der Waals surface area contributed by atoms with Crippen LogP contribution in [0.3, 0.4) is 0 Å². The molecule has 3 heteroatoms. The smallest absolute Gasteiger partial charge is 0.178 e. The van der Waals surface area contributed by atoms with Gasteiger partial charge in [-0.2, -0.15) is 0 Å². The first-order chi connectivity index (χ1) is 8.17. The summed E-state index contributed by atoms with van der Waals surface area (Å²) in [5.74, 6) is 0.421. The van der Waals surface area contributed by atoms with Gasteiger partial charge in [-0.25, -0.2) is 0 Å². The Hall–Kier alpha value is -2.03. The Kier molecular flexibility index (Phi) is 5.01. The first kappa shape index (κ1) is 13.0. The molecule has 0 spiro atoms. The average Bonchev–Trinajstić information content (AvgIpc) is 2.35. The minimum Gasteiger partial charge on any atom is -0.504 e. The van der Waals surface area contributed by atoms with Crippen molar-refractivity contribution in [3.05, 3.63) is 42.0 Å². The zero-order valence-electron chi connectivity index (χ0n) is 10.0. The Morgan fingerprint density at radius 3 is 2.82 bits per heavy atom. The molecule has 1 aromatic rings. The molecular formula is C14H16O3. The van der Waals surface area contributed by atoms with Crippen molar-refractivity contribution in [2.24, 2.45) is 0 Å². The average molecular weight is 232 g/mol. The van der Waals surface area contributed by atoms with Gasteiger partial charge in [-0.15, -0.1) is 0 Å². The molecule has 17 heavy (non-hydrogen) atoms. The lowest BCUT2D eigenvalue weighted by molar-refractivity contribution is -0.110. The quantitative estimate of drug-likeness (QED) is 0.794. The summed E-state index contributed by atoms with van der Waals surface area (Å²) in [6, 6.07) is 4.92. The van der Waals surface area contributed by atoms with Crippen LogP contribution in [-0.2, 0) is 4.79 Å². The van der Waals surface area contributed by atoms with E-state index in [2.05, 4.69) is 0 Å². The third kappa shape index (κ3) is 4.15. The molecule has 0 atom stereocenters. The van der Waals surface area contributed by atoms with Gasteiger partial charge >= 0.3 is 0 Å². The topological polar surface area (TPSA) is 46.5 Å². The van der Waals surface area contributed by atoms with E-state index in [-0.39, 0.29) is 11.5 Å². The first-order valence-electron chi connectivity index (χ1n) is 5.43. The number of aromatic hydroxyl groups is 1. The standard InChI is InChI=1S/C14H16O3/c1-3-4-5-12(15)8-6-11-7-9-13(16)14(10-11)17-2/h4-10,16H,3H2,1-2H3/b5-4+,8-6+. The zero-order valence-corrected chi connectivity index (χ0v) is 10.0. The highest BCUT2D eigenvalue weighted by atomic mass is 16.5. The summed E-state index contributed by atoms with van der Waals surface area (Å²) < 4.78 is 4.97. The lowest BCUT2D eigenvalue weighted by Gasteiger charge is -2.03. The highest BCUT2D eigenvalue weighted by Crippen LogP contribution is 2.26. The van der Waals surface area contributed by atoms with Gasteiger partial charge in [0.1, 0.15) is 0 Å². The number of hydrogen-bond donors (Lipinski definition) is 1. The van der Waals surface area contributed by atoms with E-state index in [0.29, 0.717) is 5.75 Å². The highest BCUT2D eigenvalue weighted by Gasteiger charge is 2.00. The number of carbonyl (C=O) groups excluding carboxylic acids is 1. The predicted octanol–water partition coefficient (Wildman–Crippen LogP) is 2.95. The van der Waals surface area contributed by atoms with Gasteiger partial charge in [-0.1, -0.05) is 25.1 Å². The van der Waals surface area contributed by atoms with Crippen molar-refractivity contribution in [3.8, 4) is 11.5 Å². The molecule has 0 saturated carbocycles. The minimum atomic E-state index is -0.0566.